The van der Waals surface area contributed by atoms with E-state index < -0.39 is 11.4 Å². The smallest absolute Gasteiger partial charge is 0.284 e. The molecule has 0 heterocycles. The van der Waals surface area contributed by atoms with E-state index >= 15 is 0 Å². The van der Waals surface area contributed by atoms with Crippen molar-refractivity contribution in [3.05, 3.63) is 0 Å². The van der Waals surface area contributed by atoms with Crippen LogP contribution in [0.25, 0.3) is 0 Å². The number of alkyl halides is 1. The average Bonchev–Trinajstić information content (AvgIpc) is 2.02. The molecule has 0 saturated heterocycles. The molecule has 13 heavy (non-hydrogen) atoms. The summed E-state index contributed by atoms with van der Waals surface area (Å²) in [5, 5.41) is 0. The number of rotatable bonds is 3. The van der Waals surface area contributed by atoms with E-state index in [-0.39, 0.29) is 0 Å². The van der Waals surface area contributed by atoms with E-state index in [1.807, 2.05) is 0 Å². The minimum atomic E-state index is -2.10. The van der Waals surface area contributed by atoms with Gasteiger partial charge in [-0.3, -0.25) is 8.74 Å². The SMILES string of the molecule is CC1CC(Br)CCC1COS(=O)O. The van der Waals surface area contributed by atoms with Gasteiger partial charge < -0.3 is 0 Å². The van der Waals surface area contributed by atoms with Crippen molar-refractivity contribution in [1.82, 2.24) is 0 Å². The van der Waals surface area contributed by atoms with Crippen LogP contribution in [0.3, 0.4) is 0 Å². The van der Waals surface area contributed by atoms with Gasteiger partial charge in [0.25, 0.3) is 0 Å². The van der Waals surface area contributed by atoms with Crippen LogP contribution in [-0.2, 0) is 15.5 Å². The van der Waals surface area contributed by atoms with Crippen molar-refractivity contribution in [3.63, 3.8) is 0 Å². The molecule has 78 valence electrons. The third-order valence-corrected chi connectivity index (χ3v) is 3.84. The van der Waals surface area contributed by atoms with Gasteiger partial charge >= 0.3 is 11.4 Å². The molecule has 0 radical (unpaired) electrons. The molecule has 1 rings (SSSR count). The Morgan fingerprint density at radius 3 is 2.85 bits per heavy atom. The first-order chi connectivity index (χ1) is 6.09. The zero-order chi connectivity index (χ0) is 9.84. The molecule has 0 amide bonds. The standard InChI is InChI=1S/C8H15BrO3S/c1-6-4-8(9)3-2-7(6)5-12-13(10)11/h6-8H,2-5H2,1H3,(H,10,11). The third kappa shape index (κ3) is 4.06. The fourth-order valence-corrected chi connectivity index (χ4v) is 2.93. The first-order valence-electron chi connectivity index (χ1n) is 4.47. The summed E-state index contributed by atoms with van der Waals surface area (Å²) in [4.78, 5) is 0.610. The summed E-state index contributed by atoms with van der Waals surface area (Å²) in [6.07, 6.45) is 3.34. The second kappa shape index (κ2) is 5.44. The molecule has 1 aliphatic carbocycles. The minimum Gasteiger partial charge on any atom is -0.284 e. The molecule has 4 unspecified atom stereocenters. The summed E-state index contributed by atoms with van der Waals surface area (Å²) in [6, 6.07) is 0. The fourth-order valence-electron chi connectivity index (χ4n) is 1.79. The lowest BCUT2D eigenvalue weighted by atomic mass is 9.81. The van der Waals surface area contributed by atoms with Crippen LogP contribution < -0.4 is 0 Å². The summed E-state index contributed by atoms with van der Waals surface area (Å²) in [6.45, 7) is 2.58. The lowest BCUT2D eigenvalue weighted by Crippen LogP contribution is -2.26. The monoisotopic (exact) mass is 270 g/mol. The second-order valence-electron chi connectivity index (χ2n) is 3.65. The van der Waals surface area contributed by atoms with Crippen LogP contribution in [0.1, 0.15) is 26.2 Å². The van der Waals surface area contributed by atoms with Crippen LogP contribution in [0.2, 0.25) is 0 Å². The highest BCUT2D eigenvalue weighted by molar-refractivity contribution is 9.09. The molecule has 1 aliphatic rings. The van der Waals surface area contributed by atoms with Crippen LogP contribution >= 0.6 is 15.9 Å². The Balaban J connectivity index is 2.29. The van der Waals surface area contributed by atoms with Crippen LogP contribution in [0.15, 0.2) is 0 Å². The Morgan fingerprint density at radius 1 is 1.62 bits per heavy atom. The molecule has 0 aliphatic heterocycles. The summed E-state index contributed by atoms with van der Waals surface area (Å²) >= 11 is 1.48. The largest absolute Gasteiger partial charge is 0.301 e. The Kier molecular flexibility index (Phi) is 4.86. The maximum Gasteiger partial charge on any atom is 0.301 e. The quantitative estimate of drug-likeness (QED) is 0.633. The maximum absolute atomic E-state index is 10.3. The fraction of sp³-hybridized carbons (Fsp3) is 1.00. The Hall–Kier alpha value is 0.550. The van der Waals surface area contributed by atoms with E-state index in [9.17, 15) is 4.21 Å². The molecular weight excluding hydrogens is 256 g/mol. The van der Waals surface area contributed by atoms with Gasteiger partial charge in [-0.25, -0.2) is 0 Å². The van der Waals surface area contributed by atoms with E-state index in [0.717, 1.165) is 19.3 Å². The van der Waals surface area contributed by atoms with Crippen molar-refractivity contribution in [3.8, 4) is 0 Å². The summed E-state index contributed by atoms with van der Waals surface area (Å²) in [5.41, 5.74) is 0. The molecule has 5 heteroatoms. The van der Waals surface area contributed by atoms with Crippen molar-refractivity contribution in [2.45, 2.75) is 31.0 Å². The van der Waals surface area contributed by atoms with Gasteiger partial charge in [0.2, 0.25) is 0 Å². The topological polar surface area (TPSA) is 46.5 Å². The van der Waals surface area contributed by atoms with Crippen LogP contribution in [-0.4, -0.2) is 20.2 Å². The third-order valence-electron chi connectivity index (χ3n) is 2.67. The van der Waals surface area contributed by atoms with Gasteiger partial charge in [0, 0.05) is 4.83 Å². The highest BCUT2D eigenvalue weighted by Gasteiger charge is 2.26. The van der Waals surface area contributed by atoms with Gasteiger partial charge in [-0.05, 0) is 31.1 Å². The summed E-state index contributed by atoms with van der Waals surface area (Å²) in [7, 11) is 0. The summed E-state index contributed by atoms with van der Waals surface area (Å²) < 4.78 is 23.5. The van der Waals surface area contributed by atoms with Crippen LogP contribution in [0.5, 0.6) is 0 Å². The van der Waals surface area contributed by atoms with Crippen molar-refractivity contribution in [2.75, 3.05) is 6.61 Å². The van der Waals surface area contributed by atoms with Crippen LogP contribution in [0.4, 0.5) is 0 Å². The van der Waals surface area contributed by atoms with Crippen molar-refractivity contribution in [1.29, 1.82) is 0 Å². The molecule has 0 aromatic carbocycles. The number of hydrogen-bond acceptors (Lipinski definition) is 2. The molecule has 0 bridgehead atoms. The molecule has 1 fully saturated rings. The molecule has 0 spiro atoms. The van der Waals surface area contributed by atoms with Gasteiger partial charge in [-0.15, -0.1) is 0 Å². The highest BCUT2D eigenvalue weighted by Crippen LogP contribution is 2.33. The molecular formula is C8H15BrO3S. The molecule has 0 aromatic rings. The Bertz CT molecular complexity index is 188. The van der Waals surface area contributed by atoms with Crippen molar-refractivity contribution < 1.29 is 12.9 Å². The van der Waals surface area contributed by atoms with E-state index in [0.29, 0.717) is 23.3 Å². The minimum absolute atomic E-state index is 0.407. The van der Waals surface area contributed by atoms with E-state index in [1.54, 1.807) is 0 Å². The van der Waals surface area contributed by atoms with Gasteiger partial charge in [0.15, 0.2) is 0 Å². The lowest BCUT2D eigenvalue weighted by Gasteiger charge is -2.30. The first kappa shape index (κ1) is 11.6. The maximum atomic E-state index is 10.3. The van der Waals surface area contributed by atoms with Crippen LogP contribution in [0, 0.1) is 11.8 Å². The molecule has 0 aromatic heterocycles. The highest BCUT2D eigenvalue weighted by atomic mass is 79.9. The number of halogens is 1. The Morgan fingerprint density at radius 2 is 2.31 bits per heavy atom. The predicted molar refractivity (Wildman–Crippen MR) is 55.9 cm³/mol. The second-order valence-corrected chi connectivity index (χ2v) is 5.61. The molecule has 4 atom stereocenters. The van der Waals surface area contributed by atoms with Gasteiger partial charge in [-0.2, -0.15) is 4.21 Å². The Labute approximate surface area is 89.9 Å². The molecule has 1 N–H and O–H groups in total. The van der Waals surface area contributed by atoms with E-state index in [2.05, 4.69) is 22.9 Å². The van der Waals surface area contributed by atoms with E-state index in [1.165, 1.54) is 0 Å². The van der Waals surface area contributed by atoms with Gasteiger partial charge in [0.1, 0.15) is 0 Å². The predicted octanol–water partition coefficient (Wildman–Crippen LogP) is 2.34. The zero-order valence-electron chi connectivity index (χ0n) is 7.61. The van der Waals surface area contributed by atoms with E-state index in [4.69, 9.17) is 8.74 Å². The average molecular weight is 271 g/mol. The molecule has 1 saturated carbocycles. The van der Waals surface area contributed by atoms with Crippen molar-refractivity contribution >= 4 is 27.3 Å². The van der Waals surface area contributed by atoms with Crippen molar-refractivity contribution in [2.24, 2.45) is 11.8 Å². The zero-order valence-corrected chi connectivity index (χ0v) is 10.0. The molecule has 3 nitrogen and oxygen atoms in total. The van der Waals surface area contributed by atoms with Gasteiger partial charge in [-0.1, -0.05) is 22.9 Å². The number of hydrogen-bond donors (Lipinski definition) is 1. The summed E-state index contributed by atoms with van der Waals surface area (Å²) in [5.74, 6) is 1.01. The normalized spacial score (nSPS) is 37.3. The first-order valence-corrected chi connectivity index (χ1v) is 6.42. The lowest BCUT2D eigenvalue weighted by molar-refractivity contribution is 0.165. The van der Waals surface area contributed by atoms with Gasteiger partial charge in [0.05, 0.1) is 6.61 Å².